The van der Waals surface area contributed by atoms with Gasteiger partial charge in [0.1, 0.15) is 5.75 Å². The maximum absolute atomic E-state index is 12.3. The lowest BCUT2D eigenvalue weighted by Crippen LogP contribution is -2.45. The van der Waals surface area contributed by atoms with Gasteiger partial charge >= 0.3 is 6.61 Å². The molecule has 1 N–H and O–H groups in total. The fraction of sp³-hybridized carbons (Fsp3) is 0.409. The third-order valence-electron chi connectivity index (χ3n) is 5.31. The third kappa shape index (κ3) is 6.40. The molecule has 0 bridgehead atoms. The fourth-order valence-corrected chi connectivity index (χ4v) is 4.45. The van der Waals surface area contributed by atoms with Crippen LogP contribution in [0.4, 0.5) is 14.5 Å². The molecule has 168 valence electrons. The standard InChI is InChI=1S/C22H26F2N2O4S/c1-2-31(28,29)20-9-5-18(6-10-20)26-13-11-17(12-14-26)25-21(27)15-16-3-7-19(8-4-16)30-22(23)24/h3-10,17,22H,2,11-15H2,1H3,(H,25,27). The molecule has 0 aromatic heterocycles. The molecule has 1 aliphatic heterocycles. The van der Waals surface area contributed by atoms with E-state index in [-0.39, 0.29) is 29.9 Å². The molecule has 1 aliphatic rings. The third-order valence-corrected chi connectivity index (χ3v) is 7.06. The van der Waals surface area contributed by atoms with Crippen molar-refractivity contribution in [1.29, 1.82) is 0 Å². The van der Waals surface area contributed by atoms with E-state index in [0.717, 1.165) is 37.2 Å². The summed E-state index contributed by atoms with van der Waals surface area (Å²) in [6.07, 6.45) is 1.73. The predicted octanol–water partition coefficient (Wildman–Crippen LogP) is 3.41. The van der Waals surface area contributed by atoms with Crippen LogP contribution in [0.5, 0.6) is 5.75 Å². The second-order valence-electron chi connectivity index (χ2n) is 7.43. The summed E-state index contributed by atoms with van der Waals surface area (Å²) in [6, 6.07) is 13.0. The van der Waals surface area contributed by atoms with E-state index in [0.29, 0.717) is 4.90 Å². The van der Waals surface area contributed by atoms with Crippen LogP contribution in [0.1, 0.15) is 25.3 Å². The van der Waals surface area contributed by atoms with Crippen molar-refractivity contribution in [2.45, 2.75) is 43.7 Å². The lowest BCUT2D eigenvalue weighted by molar-refractivity contribution is -0.121. The zero-order chi connectivity index (χ0) is 22.4. The van der Waals surface area contributed by atoms with E-state index >= 15 is 0 Å². The molecule has 0 saturated carbocycles. The van der Waals surface area contributed by atoms with Crippen molar-refractivity contribution in [3.63, 3.8) is 0 Å². The van der Waals surface area contributed by atoms with E-state index in [4.69, 9.17) is 0 Å². The van der Waals surface area contributed by atoms with E-state index in [2.05, 4.69) is 15.0 Å². The minimum Gasteiger partial charge on any atom is -0.435 e. The Balaban J connectivity index is 1.47. The molecule has 0 radical (unpaired) electrons. The number of nitrogens with zero attached hydrogens (tertiary/aromatic N) is 1. The Labute approximate surface area is 181 Å². The Kier molecular flexibility index (Phi) is 7.48. The van der Waals surface area contributed by atoms with Crippen molar-refractivity contribution in [3.05, 3.63) is 54.1 Å². The van der Waals surface area contributed by atoms with Gasteiger partial charge in [-0.1, -0.05) is 19.1 Å². The van der Waals surface area contributed by atoms with Crippen LogP contribution in [-0.2, 0) is 21.1 Å². The van der Waals surface area contributed by atoms with Gasteiger partial charge < -0.3 is 15.0 Å². The van der Waals surface area contributed by atoms with Crippen LogP contribution in [0.3, 0.4) is 0 Å². The minimum absolute atomic E-state index is 0.0601. The molecule has 0 atom stereocenters. The molecule has 1 fully saturated rings. The molecule has 31 heavy (non-hydrogen) atoms. The molecule has 9 heteroatoms. The van der Waals surface area contributed by atoms with Crippen LogP contribution >= 0.6 is 0 Å². The number of ether oxygens (including phenoxy) is 1. The maximum atomic E-state index is 12.3. The van der Waals surface area contributed by atoms with E-state index < -0.39 is 16.4 Å². The number of carbonyl (C=O) groups is 1. The normalized spacial score (nSPS) is 15.2. The van der Waals surface area contributed by atoms with Crippen molar-refractivity contribution in [3.8, 4) is 5.75 Å². The lowest BCUT2D eigenvalue weighted by atomic mass is 10.0. The second kappa shape index (κ2) is 10.1. The monoisotopic (exact) mass is 452 g/mol. The van der Waals surface area contributed by atoms with Crippen LogP contribution in [0.15, 0.2) is 53.4 Å². The second-order valence-corrected chi connectivity index (χ2v) is 9.70. The maximum Gasteiger partial charge on any atom is 0.387 e. The molecule has 0 spiro atoms. The molecule has 2 aromatic carbocycles. The summed E-state index contributed by atoms with van der Waals surface area (Å²) in [5.41, 5.74) is 1.68. The molecule has 6 nitrogen and oxygen atoms in total. The number of anilines is 1. The number of rotatable bonds is 8. The largest absolute Gasteiger partial charge is 0.435 e. The summed E-state index contributed by atoms with van der Waals surface area (Å²) in [5.74, 6) is 0.0207. The van der Waals surface area contributed by atoms with Gasteiger partial charge in [0.15, 0.2) is 9.84 Å². The quantitative estimate of drug-likeness (QED) is 0.664. The van der Waals surface area contributed by atoms with E-state index in [1.165, 1.54) is 12.1 Å². The number of sulfone groups is 1. The van der Waals surface area contributed by atoms with Crippen molar-refractivity contribution in [2.24, 2.45) is 0 Å². The van der Waals surface area contributed by atoms with Gasteiger partial charge in [-0.3, -0.25) is 4.79 Å². The van der Waals surface area contributed by atoms with E-state index in [1.54, 1.807) is 31.2 Å². The lowest BCUT2D eigenvalue weighted by Gasteiger charge is -2.34. The van der Waals surface area contributed by atoms with Gasteiger partial charge in [-0.2, -0.15) is 8.78 Å². The van der Waals surface area contributed by atoms with Crippen LogP contribution in [0, 0.1) is 0 Å². The van der Waals surface area contributed by atoms with Crippen molar-refractivity contribution in [1.82, 2.24) is 5.32 Å². The molecule has 1 amide bonds. The predicted molar refractivity (Wildman–Crippen MR) is 114 cm³/mol. The highest BCUT2D eigenvalue weighted by Gasteiger charge is 2.21. The number of benzene rings is 2. The van der Waals surface area contributed by atoms with Crippen molar-refractivity contribution >= 4 is 21.4 Å². The molecule has 2 aromatic rings. The van der Waals surface area contributed by atoms with E-state index in [9.17, 15) is 22.0 Å². The number of carbonyl (C=O) groups excluding carboxylic acids is 1. The first-order valence-corrected chi connectivity index (χ1v) is 11.8. The van der Waals surface area contributed by atoms with Crippen LogP contribution in [0.25, 0.3) is 0 Å². The van der Waals surface area contributed by atoms with Gasteiger partial charge in [-0.05, 0) is 54.8 Å². The summed E-state index contributed by atoms with van der Waals surface area (Å²) in [4.78, 5) is 14.8. The number of hydrogen-bond acceptors (Lipinski definition) is 5. The SMILES string of the molecule is CCS(=O)(=O)c1ccc(N2CCC(NC(=O)Cc3ccc(OC(F)F)cc3)CC2)cc1. The summed E-state index contributed by atoms with van der Waals surface area (Å²) >= 11 is 0. The zero-order valence-electron chi connectivity index (χ0n) is 17.3. The Bertz CT molecular complexity index is 972. The topological polar surface area (TPSA) is 75.7 Å². The van der Waals surface area contributed by atoms with Crippen molar-refractivity contribution in [2.75, 3.05) is 23.7 Å². The number of piperidine rings is 1. The number of halogens is 2. The first-order valence-electron chi connectivity index (χ1n) is 10.2. The first kappa shape index (κ1) is 23.0. The fourth-order valence-electron chi connectivity index (χ4n) is 3.57. The smallest absolute Gasteiger partial charge is 0.387 e. The molecule has 0 unspecified atom stereocenters. The molecular weight excluding hydrogens is 426 g/mol. The molecular formula is C22H26F2N2O4S. The Morgan fingerprint density at radius 1 is 1.10 bits per heavy atom. The molecule has 1 saturated heterocycles. The molecule has 0 aliphatic carbocycles. The number of amides is 1. The van der Waals surface area contributed by atoms with Crippen molar-refractivity contribution < 1.29 is 26.7 Å². The first-order chi connectivity index (χ1) is 14.8. The van der Waals surface area contributed by atoms with Gasteiger partial charge in [0.25, 0.3) is 0 Å². The zero-order valence-corrected chi connectivity index (χ0v) is 18.1. The highest BCUT2D eigenvalue weighted by molar-refractivity contribution is 7.91. The Hall–Kier alpha value is -2.68. The van der Waals surface area contributed by atoms with E-state index in [1.807, 2.05) is 12.1 Å². The highest BCUT2D eigenvalue weighted by atomic mass is 32.2. The van der Waals surface area contributed by atoms with Gasteiger partial charge in [0.05, 0.1) is 17.1 Å². The van der Waals surface area contributed by atoms with Gasteiger partial charge in [0, 0.05) is 24.8 Å². The van der Waals surface area contributed by atoms with Gasteiger partial charge in [0.2, 0.25) is 5.91 Å². The van der Waals surface area contributed by atoms with Crippen LogP contribution in [-0.4, -0.2) is 45.8 Å². The average molecular weight is 453 g/mol. The van der Waals surface area contributed by atoms with Gasteiger partial charge in [-0.15, -0.1) is 0 Å². The number of alkyl halides is 2. The van der Waals surface area contributed by atoms with Crippen LogP contribution < -0.4 is 15.0 Å². The van der Waals surface area contributed by atoms with Gasteiger partial charge in [-0.25, -0.2) is 8.42 Å². The summed E-state index contributed by atoms with van der Waals surface area (Å²) in [5, 5.41) is 3.03. The Morgan fingerprint density at radius 3 is 2.26 bits per heavy atom. The summed E-state index contributed by atoms with van der Waals surface area (Å²) < 4.78 is 52.6. The minimum atomic E-state index is -3.21. The highest BCUT2D eigenvalue weighted by Crippen LogP contribution is 2.23. The molecule has 3 rings (SSSR count). The summed E-state index contributed by atoms with van der Waals surface area (Å²) in [6.45, 7) is 0.260. The number of hydrogen-bond donors (Lipinski definition) is 1. The number of nitrogens with one attached hydrogen (secondary N) is 1. The Morgan fingerprint density at radius 2 is 1.71 bits per heavy atom. The van der Waals surface area contributed by atoms with Crippen LogP contribution in [0.2, 0.25) is 0 Å². The average Bonchev–Trinajstić information content (AvgIpc) is 2.75. The molecule has 1 heterocycles. The summed E-state index contributed by atoms with van der Waals surface area (Å²) in [7, 11) is -3.21.